The van der Waals surface area contributed by atoms with Crippen molar-refractivity contribution in [2.45, 2.75) is 13.8 Å². The molecule has 0 saturated carbocycles. The third-order valence-electron chi connectivity index (χ3n) is 3.50. The lowest BCUT2D eigenvalue weighted by Crippen LogP contribution is -2.30. The van der Waals surface area contributed by atoms with Crippen molar-refractivity contribution in [1.82, 2.24) is 4.90 Å². The number of anilines is 2. The van der Waals surface area contributed by atoms with Crippen LogP contribution in [0.25, 0.3) is 0 Å². The molecule has 2 N–H and O–H groups in total. The molecule has 2 aromatic rings. The van der Waals surface area contributed by atoms with Crippen LogP contribution in [-0.2, 0) is 0 Å². The number of nitrogens with zero attached hydrogens (tertiary/aromatic N) is 1. The zero-order valence-corrected chi connectivity index (χ0v) is 16.1. The summed E-state index contributed by atoms with van der Waals surface area (Å²) >= 11 is 8.76. The normalized spacial score (nSPS) is 10.1. The molecule has 0 bridgehead atoms. The molecular weight excluding hydrogens is 386 g/mol. The molecule has 0 fully saturated rings. The second-order valence-electron chi connectivity index (χ2n) is 5.15. The molecule has 2 rings (SSSR count). The Morgan fingerprint density at radius 3 is 2.21 bits per heavy atom. The van der Waals surface area contributed by atoms with Crippen LogP contribution in [0.3, 0.4) is 0 Å². The first-order valence-corrected chi connectivity index (χ1v) is 8.96. The fraction of sp³-hybridized carbons (Fsp3) is 0.222. The van der Waals surface area contributed by atoms with Crippen LogP contribution in [0, 0.1) is 0 Å². The number of nitrogens with one attached hydrogen (secondary N) is 2. The summed E-state index contributed by atoms with van der Waals surface area (Å²) in [6.45, 7) is 5.33. The average Bonchev–Trinajstić information content (AvgIpc) is 2.56. The number of rotatable bonds is 5. The van der Waals surface area contributed by atoms with Crippen molar-refractivity contribution >= 4 is 50.5 Å². The quantitative estimate of drug-likeness (QED) is 0.704. The highest BCUT2D eigenvalue weighted by Gasteiger charge is 2.12. The molecule has 0 spiro atoms. The van der Waals surface area contributed by atoms with Gasteiger partial charge in [-0.15, -0.1) is 0 Å². The van der Waals surface area contributed by atoms with E-state index in [-0.39, 0.29) is 5.91 Å². The summed E-state index contributed by atoms with van der Waals surface area (Å²) in [7, 11) is 0. The maximum atomic E-state index is 12.4. The van der Waals surface area contributed by atoms with E-state index in [1.807, 2.05) is 62.4 Å². The summed E-state index contributed by atoms with van der Waals surface area (Å²) in [5.41, 5.74) is 2.31. The molecule has 0 aliphatic heterocycles. The van der Waals surface area contributed by atoms with Gasteiger partial charge in [-0.3, -0.25) is 4.79 Å². The molecule has 0 aromatic heterocycles. The van der Waals surface area contributed by atoms with E-state index >= 15 is 0 Å². The Morgan fingerprint density at radius 2 is 1.62 bits per heavy atom. The molecule has 0 unspecified atom stereocenters. The summed E-state index contributed by atoms with van der Waals surface area (Å²) in [4.78, 5) is 14.2. The Bertz CT molecular complexity index is 732. The number of carbonyl (C=O) groups is 1. The van der Waals surface area contributed by atoms with Crippen LogP contribution >= 0.6 is 28.1 Å². The van der Waals surface area contributed by atoms with Crippen LogP contribution in [0.15, 0.2) is 53.0 Å². The number of carbonyl (C=O) groups excluding carboxylic acids is 1. The van der Waals surface area contributed by atoms with E-state index in [1.54, 1.807) is 4.90 Å². The molecular formula is C18H20BrN3OS. The van der Waals surface area contributed by atoms with E-state index in [9.17, 15) is 4.79 Å². The summed E-state index contributed by atoms with van der Waals surface area (Å²) in [5.74, 6) is 0.0227. The highest BCUT2D eigenvalue weighted by atomic mass is 79.9. The molecule has 1 amide bonds. The second-order valence-corrected chi connectivity index (χ2v) is 6.47. The first-order chi connectivity index (χ1) is 11.5. The topological polar surface area (TPSA) is 44.4 Å². The van der Waals surface area contributed by atoms with Crippen LogP contribution in [0.1, 0.15) is 24.2 Å². The van der Waals surface area contributed by atoms with Crippen molar-refractivity contribution < 1.29 is 4.79 Å². The molecule has 0 saturated heterocycles. The molecule has 24 heavy (non-hydrogen) atoms. The zero-order chi connectivity index (χ0) is 17.5. The smallest absolute Gasteiger partial charge is 0.253 e. The fourth-order valence-electron chi connectivity index (χ4n) is 2.28. The molecule has 0 radical (unpaired) electrons. The Labute approximate surface area is 156 Å². The molecule has 2 aromatic carbocycles. The maximum Gasteiger partial charge on any atom is 0.253 e. The summed E-state index contributed by atoms with van der Waals surface area (Å²) < 4.78 is 0.974. The third-order valence-corrected chi connectivity index (χ3v) is 4.20. The lowest BCUT2D eigenvalue weighted by atomic mass is 10.1. The van der Waals surface area contributed by atoms with E-state index < -0.39 is 0 Å². The van der Waals surface area contributed by atoms with Gasteiger partial charge in [0.25, 0.3) is 5.91 Å². The van der Waals surface area contributed by atoms with Crippen molar-refractivity contribution in [1.29, 1.82) is 0 Å². The maximum absolute atomic E-state index is 12.4. The largest absolute Gasteiger partial charge is 0.339 e. The van der Waals surface area contributed by atoms with Crippen molar-refractivity contribution in [2.75, 3.05) is 23.7 Å². The number of thiocarbonyl (C=S) groups is 1. The van der Waals surface area contributed by atoms with Crippen LogP contribution < -0.4 is 10.6 Å². The van der Waals surface area contributed by atoms with Gasteiger partial charge in [0.1, 0.15) is 0 Å². The van der Waals surface area contributed by atoms with Gasteiger partial charge in [-0.2, -0.15) is 0 Å². The van der Waals surface area contributed by atoms with Crippen molar-refractivity contribution in [3.05, 3.63) is 58.6 Å². The second kappa shape index (κ2) is 8.80. The Balaban J connectivity index is 2.06. The zero-order valence-electron chi connectivity index (χ0n) is 13.7. The van der Waals surface area contributed by atoms with Gasteiger partial charge in [-0.1, -0.05) is 28.1 Å². The van der Waals surface area contributed by atoms with Gasteiger partial charge in [-0.25, -0.2) is 0 Å². The Kier molecular flexibility index (Phi) is 6.75. The highest BCUT2D eigenvalue weighted by molar-refractivity contribution is 9.10. The average molecular weight is 406 g/mol. The first kappa shape index (κ1) is 18.4. The minimum atomic E-state index is 0.0227. The van der Waals surface area contributed by atoms with Crippen LogP contribution in [0.5, 0.6) is 0 Å². The number of hydrogen-bond donors (Lipinski definition) is 2. The number of halogens is 1. The monoisotopic (exact) mass is 405 g/mol. The predicted octanol–water partition coefficient (Wildman–Crippen LogP) is 4.74. The molecule has 126 valence electrons. The lowest BCUT2D eigenvalue weighted by molar-refractivity contribution is 0.0773. The highest BCUT2D eigenvalue weighted by Crippen LogP contribution is 2.17. The van der Waals surface area contributed by atoms with Gasteiger partial charge in [0, 0.05) is 34.5 Å². The molecule has 0 heterocycles. The van der Waals surface area contributed by atoms with Crippen molar-refractivity contribution in [3.8, 4) is 0 Å². The first-order valence-electron chi connectivity index (χ1n) is 7.76. The number of benzene rings is 2. The molecule has 4 nitrogen and oxygen atoms in total. The minimum Gasteiger partial charge on any atom is -0.339 e. The number of hydrogen-bond acceptors (Lipinski definition) is 2. The van der Waals surface area contributed by atoms with E-state index in [0.29, 0.717) is 23.8 Å². The van der Waals surface area contributed by atoms with E-state index in [4.69, 9.17) is 12.2 Å². The van der Waals surface area contributed by atoms with E-state index in [2.05, 4.69) is 26.6 Å². The summed E-state index contributed by atoms with van der Waals surface area (Å²) in [5, 5.41) is 6.71. The van der Waals surface area contributed by atoms with Crippen LogP contribution in [0.4, 0.5) is 11.4 Å². The van der Waals surface area contributed by atoms with Crippen molar-refractivity contribution in [3.63, 3.8) is 0 Å². The van der Waals surface area contributed by atoms with Gasteiger partial charge in [0.05, 0.1) is 0 Å². The third kappa shape index (κ3) is 5.04. The van der Waals surface area contributed by atoms with E-state index in [1.165, 1.54) is 0 Å². The van der Waals surface area contributed by atoms with Gasteiger partial charge in [0.15, 0.2) is 5.11 Å². The predicted molar refractivity (Wildman–Crippen MR) is 108 cm³/mol. The molecule has 0 atom stereocenters. The molecule has 0 aliphatic rings. The number of amides is 1. The van der Waals surface area contributed by atoms with Gasteiger partial charge >= 0.3 is 0 Å². The van der Waals surface area contributed by atoms with Crippen LogP contribution in [0.2, 0.25) is 0 Å². The Hall–Kier alpha value is -1.92. The van der Waals surface area contributed by atoms with Gasteiger partial charge < -0.3 is 15.5 Å². The van der Waals surface area contributed by atoms with E-state index in [0.717, 1.165) is 15.8 Å². The van der Waals surface area contributed by atoms with Gasteiger partial charge in [0.2, 0.25) is 0 Å². The SMILES string of the molecule is CCN(CC)C(=O)c1cccc(NC(=S)Nc2cccc(Br)c2)c1. The van der Waals surface area contributed by atoms with Crippen molar-refractivity contribution in [2.24, 2.45) is 0 Å². The minimum absolute atomic E-state index is 0.0227. The lowest BCUT2D eigenvalue weighted by Gasteiger charge is -2.19. The fourth-order valence-corrected chi connectivity index (χ4v) is 2.92. The van der Waals surface area contributed by atoms with Crippen LogP contribution in [-0.4, -0.2) is 29.0 Å². The van der Waals surface area contributed by atoms with Gasteiger partial charge in [-0.05, 0) is 62.5 Å². The standard InChI is InChI=1S/C18H20BrN3OS/c1-3-22(4-2)17(23)13-7-5-9-15(11-13)20-18(24)21-16-10-6-8-14(19)12-16/h5-12H,3-4H2,1-2H3,(H2,20,21,24). The summed E-state index contributed by atoms with van der Waals surface area (Å²) in [6.07, 6.45) is 0. The molecule has 0 aliphatic carbocycles. The molecule has 6 heteroatoms. The Morgan fingerprint density at radius 1 is 1.04 bits per heavy atom. The summed E-state index contributed by atoms with van der Waals surface area (Å²) in [6, 6.07) is 15.1.